The van der Waals surface area contributed by atoms with Gasteiger partial charge in [0.1, 0.15) is 0 Å². The zero-order valence-electron chi connectivity index (χ0n) is 15.7. The molecule has 0 unspecified atom stereocenters. The number of hydrogen-bond acceptors (Lipinski definition) is 7. The first-order valence-electron chi connectivity index (χ1n) is 9.11. The Bertz CT molecular complexity index is 794. The first-order valence-corrected chi connectivity index (χ1v) is 9.99. The van der Waals surface area contributed by atoms with Crippen molar-refractivity contribution in [2.45, 2.75) is 37.8 Å². The maximum atomic E-state index is 12.3. The molecule has 1 fully saturated rings. The molecule has 2 amide bonds. The number of nitrogens with two attached hydrogens (primary N) is 1. The van der Waals surface area contributed by atoms with Gasteiger partial charge in [0.2, 0.25) is 5.91 Å². The molecule has 11 heteroatoms. The molecule has 3 rings (SSSR count). The molecule has 0 saturated heterocycles. The summed E-state index contributed by atoms with van der Waals surface area (Å²) in [4.78, 5) is 39.7. The summed E-state index contributed by atoms with van der Waals surface area (Å²) < 4.78 is 0. The molecular formula is C18H25N5O5S. The molecule has 7 N–H and O–H groups in total. The number of carbonyl (C=O) groups excluding carboxylic acids is 2. The molecule has 1 aliphatic carbocycles. The number of aliphatic hydroxyl groups is 1. The van der Waals surface area contributed by atoms with E-state index in [-0.39, 0.29) is 30.2 Å². The number of carbonyl (C=O) groups is 3. The number of thiazole rings is 1. The summed E-state index contributed by atoms with van der Waals surface area (Å²) >= 11 is 1.38. The van der Waals surface area contributed by atoms with Gasteiger partial charge in [0.05, 0.1) is 23.4 Å². The highest BCUT2D eigenvalue weighted by molar-refractivity contribution is 7.13. The number of rotatable bonds is 6. The van der Waals surface area contributed by atoms with Crippen LogP contribution in [0.25, 0.3) is 0 Å². The van der Waals surface area contributed by atoms with Crippen LogP contribution in [0.5, 0.6) is 0 Å². The van der Waals surface area contributed by atoms with Gasteiger partial charge in [0, 0.05) is 36.7 Å². The number of nitrogens with one attached hydrogen (secondary N) is 3. The van der Waals surface area contributed by atoms with Gasteiger partial charge >= 0.3 is 0 Å². The van der Waals surface area contributed by atoms with Crippen molar-refractivity contribution in [3.05, 3.63) is 35.1 Å². The molecular weight excluding hydrogens is 398 g/mol. The highest BCUT2D eigenvalue weighted by Crippen LogP contribution is 2.25. The smallest absolute Gasteiger partial charge is 0.290 e. The average molecular weight is 423 g/mol. The summed E-state index contributed by atoms with van der Waals surface area (Å²) in [5.41, 5.74) is 6.97. The fourth-order valence-corrected chi connectivity index (χ4v) is 3.76. The molecule has 0 radical (unpaired) electrons. The number of hydrogen-bond donors (Lipinski definition) is 6. The molecule has 1 aliphatic rings. The molecule has 0 aromatic carbocycles. The number of carboxylic acid groups (broad SMARTS) is 1. The number of aliphatic hydroxyl groups excluding tert-OH is 1. The molecule has 3 atom stereocenters. The lowest BCUT2D eigenvalue weighted by molar-refractivity contribution is -0.127. The van der Waals surface area contributed by atoms with Crippen LogP contribution in [0.1, 0.15) is 35.3 Å². The standard InChI is InChI=1S/C17H23N5O3S.CH2O2/c18-17-21-12(9-26-17)4-6-20-15(24)10-1-2-13(14(23)7-10)22-16(25)11-3-5-19-8-11;2-1-3/h3,5,8-10,13-14,19,23H,1-2,4,6-7H2,(H2,18,21)(H,20,24)(H,22,25);1H,(H,2,3)/t10-,13-,14-;/m0./s1. The van der Waals surface area contributed by atoms with Crippen LogP contribution in [0.3, 0.4) is 0 Å². The highest BCUT2D eigenvalue weighted by Gasteiger charge is 2.33. The first-order chi connectivity index (χ1) is 13.9. The Balaban J connectivity index is 0.000000941. The van der Waals surface area contributed by atoms with Gasteiger partial charge in [-0.15, -0.1) is 11.3 Å². The fourth-order valence-electron chi connectivity index (χ4n) is 3.17. The molecule has 2 heterocycles. The Labute approximate surface area is 171 Å². The molecule has 0 spiro atoms. The number of nitrogens with zero attached hydrogens (tertiary/aromatic N) is 1. The van der Waals surface area contributed by atoms with Crippen LogP contribution in [0.4, 0.5) is 5.13 Å². The number of anilines is 1. The first kappa shape index (κ1) is 22.4. The molecule has 10 nitrogen and oxygen atoms in total. The van der Waals surface area contributed by atoms with Crippen molar-refractivity contribution in [2.75, 3.05) is 12.3 Å². The third kappa shape index (κ3) is 6.88. The van der Waals surface area contributed by atoms with Crippen molar-refractivity contribution in [3.63, 3.8) is 0 Å². The van der Waals surface area contributed by atoms with Gasteiger partial charge in [-0.1, -0.05) is 0 Å². The predicted molar refractivity (Wildman–Crippen MR) is 107 cm³/mol. The Morgan fingerprint density at radius 3 is 2.76 bits per heavy atom. The van der Waals surface area contributed by atoms with Crippen molar-refractivity contribution in [1.29, 1.82) is 0 Å². The minimum absolute atomic E-state index is 0.0670. The summed E-state index contributed by atoms with van der Waals surface area (Å²) in [5.74, 6) is -0.533. The van der Waals surface area contributed by atoms with Gasteiger partial charge in [-0.2, -0.15) is 0 Å². The van der Waals surface area contributed by atoms with E-state index in [1.165, 1.54) is 11.3 Å². The SMILES string of the molecule is Nc1nc(CCNC(=O)[C@H]2CC[C@H](NC(=O)c3cc[nH]c3)[C@@H](O)C2)cs1.O=CO. The van der Waals surface area contributed by atoms with Crippen LogP contribution >= 0.6 is 11.3 Å². The second-order valence-electron chi connectivity index (χ2n) is 6.58. The number of aromatic nitrogens is 2. The van der Waals surface area contributed by atoms with E-state index in [4.69, 9.17) is 15.6 Å². The van der Waals surface area contributed by atoms with Gasteiger partial charge in [-0.25, -0.2) is 4.98 Å². The topological polar surface area (TPSA) is 170 Å². The van der Waals surface area contributed by atoms with E-state index in [9.17, 15) is 14.7 Å². The molecule has 158 valence electrons. The van der Waals surface area contributed by atoms with Crippen LogP contribution in [-0.4, -0.2) is 57.2 Å². The molecule has 2 aromatic rings. The van der Waals surface area contributed by atoms with Crippen molar-refractivity contribution >= 4 is 34.8 Å². The van der Waals surface area contributed by atoms with Crippen molar-refractivity contribution < 1.29 is 24.6 Å². The lowest BCUT2D eigenvalue weighted by Crippen LogP contribution is -2.49. The molecule has 1 saturated carbocycles. The van der Waals surface area contributed by atoms with Crippen molar-refractivity contribution in [1.82, 2.24) is 20.6 Å². The van der Waals surface area contributed by atoms with Crippen LogP contribution in [-0.2, 0) is 16.0 Å². The monoisotopic (exact) mass is 423 g/mol. The summed E-state index contributed by atoms with van der Waals surface area (Å²) in [6.45, 7) is 0.238. The van der Waals surface area contributed by atoms with Crippen LogP contribution < -0.4 is 16.4 Å². The van der Waals surface area contributed by atoms with Crippen LogP contribution in [0.15, 0.2) is 23.8 Å². The number of H-pyrrole nitrogens is 1. The van der Waals surface area contributed by atoms with E-state index in [2.05, 4.69) is 20.6 Å². The normalized spacial score (nSPS) is 20.8. The second kappa shape index (κ2) is 11.2. The minimum atomic E-state index is -0.735. The van der Waals surface area contributed by atoms with E-state index in [1.807, 2.05) is 5.38 Å². The van der Waals surface area contributed by atoms with Gasteiger partial charge in [0.25, 0.3) is 12.4 Å². The lowest BCUT2D eigenvalue weighted by atomic mass is 9.83. The summed E-state index contributed by atoms with van der Waals surface area (Å²) in [5, 5.41) is 25.3. The average Bonchev–Trinajstić information content (AvgIpc) is 3.36. The Kier molecular flexibility index (Phi) is 8.62. The Hall–Kier alpha value is -2.92. The third-order valence-electron chi connectivity index (χ3n) is 4.61. The molecule has 0 bridgehead atoms. The summed E-state index contributed by atoms with van der Waals surface area (Å²) in [7, 11) is 0. The van der Waals surface area contributed by atoms with E-state index in [0.29, 0.717) is 42.9 Å². The van der Waals surface area contributed by atoms with E-state index in [0.717, 1.165) is 5.69 Å². The Morgan fingerprint density at radius 1 is 1.41 bits per heavy atom. The Morgan fingerprint density at radius 2 is 2.17 bits per heavy atom. The maximum absolute atomic E-state index is 12.3. The maximum Gasteiger partial charge on any atom is 0.290 e. The van der Waals surface area contributed by atoms with E-state index >= 15 is 0 Å². The zero-order valence-corrected chi connectivity index (χ0v) is 16.5. The molecule has 2 aromatic heterocycles. The number of amides is 2. The summed E-state index contributed by atoms with van der Waals surface area (Å²) in [6.07, 6.45) is 4.71. The van der Waals surface area contributed by atoms with Crippen molar-refractivity contribution in [3.8, 4) is 0 Å². The predicted octanol–water partition coefficient (Wildman–Crippen LogP) is 0.373. The van der Waals surface area contributed by atoms with E-state index < -0.39 is 6.10 Å². The summed E-state index contributed by atoms with van der Waals surface area (Å²) in [6, 6.07) is 1.34. The number of nitrogen functional groups attached to an aromatic ring is 1. The quantitative estimate of drug-likeness (QED) is 0.364. The highest BCUT2D eigenvalue weighted by atomic mass is 32.1. The minimum Gasteiger partial charge on any atom is -0.483 e. The zero-order chi connectivity index (χ0) is 21.2. The van der Waals surface area contributed by atoms with Crippen LogP contribution in [0, 0.1) is 5.92 Å². The van der Waals surface area contributed by atoms with Gasteiger partial charge in [-0.3, -0.25) is 14.4 Å². The second-order valence-corrected chi connectivity index (χ2v) is 7.47. The van der Waals surface area contributed by atoms with E-state index in [1.54, 1.807) is 18.5 Å². The fraction of sp³-hybridized carbons (Fsp3) is 0.444. The third-order valence-corrected chi connectivity index (χ3v) is 5.34. The lowest BCUT2D eigenvalue weighted by Gasteiger charge is -2.32. The largest absolute Gasteiger partial charge is 0.483 e. The van der Waals surface area contributed by atoms with Gasteiger partial charge in [-0.05, 0) is 25.3 Å². The molecule has 0 aliphatic heterocycles. The van der Waals surface area contributed by atoms with Crippen LogP contribution in [0.2, 0.25) is 0 Å². The van der Waals surface area contributed by atoms with Gasteiger partial charge < -0.3 is 31.6 Å². The van der Waals surface area contributed by atoms with Crippen molar-refractivity contribution in [2.24, 2.45) is 5.92 Å². The number of aromatic amines is 1. The van der Waals surface area contributed by atoms with Gasteiger partial charge in [0.15, 0.2) is 5.13 Å². The molecule has 29 heavy (non-hydrogen) atoms.